The second-order valence-electron chi connectivity index (χ2n) is 6.60. The molecule has 1 spiro atoms. The SMILES string of the molecule is CN1C(=O)[C@@]23C[C@](C)(C#N)[C@H](c4cccs4)N2C(=O)[C@]1(C)SS3. The minimum Gasteiger partial charge on any atom is -0.319 e. The number of likely N-dealkylation sites (N-methyl/N-ethyl adjacent to an activating group) is 1. The number of fused-ring (bicyclic) bond motifs is 2. The van der Waals surface area contributed by atoms with Crippen LogP contribution >= 0.6 is 32.9 Å². The molecule has 5 nitrogen and oxygen atoms in total. The predicted octanol–water partition coefficient (Wildman–Crippen LogP) is 2.83. The van der Waals surface area contributed by atoms with Crippen LogP contribution in [0.4, 0.5) is 0 Å². The molecule has 0 saturated carbocycles. The lowest BCUT2D eigenvalue weighted by atomic mass is 9.82. The normalized spacial score (nSPS) is 42.1. The highest BCUT2D eigenvalue weighted by atomic mass is 33.1. The number of amides is 2. The maximum atomic E-state index is 13.2. The van der Waals surface area contributed by atoms with Gasteiger partial charge in [-0.05, 0) is 25.3 Å². The molecule has 5 heterocycles. The van der Waals surface area contributed by atoms with Gasteiger partial charge in [0.1, 0.15) is 0 Å². The van der Waals surface area contributed by atoms with E-state index in [2.05, 4.69) is 6.07 Å². The zero-order chi connectivity index (χ0) is 16.6. The van der Waals surface area contributed by atoms with E-state index in [0.717, 1.165) is 4.88 Å². The summed E-state index contributed by atoms with van der Waals surface area (Å²) in [5, 5.41) is 11.8. The van der Waals surface area contributed by atoms with Crippen molar-refractivity contribution in [1.29, 1.82) is 5.26 Å². The summed E-state index contributed by atoms with van der Waals surface area (Å²) in [4.78, 5) is 28.7. The Balaban J connectivity index is 1.95. The van der Waals surface area contributed by atoms with Gasteiger partial charge in [0, 0.05) is 18.3 Å². The quantitative estimate of drug-likeness (QED) is 0.716. The molecule has 4 aliphatic rings. The van der Waals surface area contributed by atoms with Crippen LogP contribution in [0.15, 0.2) is 17.5 Å². The molecule has 4 fully saturated rings. The Morgan fingerprint density at radius 2 is 2.04 bits per heavy atom. The first-order valence-corrected chi connectivity index (χ1v) is 10.3. The highest BCUT2D eigenvalue weighted by Gasteiger charge is 2.74. The average molecular weight is 366 g/mol. The van der Waals surface area contributed by atoms with E-state index in [0.29, 0.717) is 6.42 Å². The summed E-state index contributed by atoms with van der Waals surface area (Å²) in [5.41, 5.74) is -0.778. The lowest BCUT2D eigenvalue weighted by Crippen LogP contribution is -2.73. The van der Waals surface area contributed by atoms with Crippen molar-refractivity contribution < 1.29 is 9.59 Å². The smallest absolute Gasteiger partial charge is 0.261 e. The van der Waals surface area contributed by atoms with Crippen LogP contribution in [-0.4, -0.2) is 38.4 Å². The van der Waals surface area contributed by atoms with E-state index in [1.165, 1.54) is 32.9 Å². The molecule has 0 radical (unpaired) electrons. The fraction of sp³-hybridized carbons (Fsp3) is 0.533. The van der Waals surface area contributed by atoms with Gasteiger partial charge in [0.15, 0.2) is 9.74 Å². The summed E-state index contributed by atoms with van der Waals surface area (Å²) < 4.78 is 0. The highest BCUT2D eigenvalue weighted by molar-refractivity contribution is 8.78. The van der Waals surface area contributed by atoms with Gasteiger partial charge in [0.25, 0.3) is 11.8 Å². The lowest BCUT2D eigenvalue weighted by molar-refractivity contribution is -0.164. The zero-order valence-corrected chi connectivity index (χ0v) is 15.3. The molecule has 1 aromatic heterocycles. The molecule has 0 aliphatic carbocycles. The second-order valence-corrected chi connectivity index (χ2v) is 10.4. The molecule has 23 heavy (non-hydrogen) atoms. The summed E-state index contributed by atoms with van der Waals surface area (Å²) in [6, 6.07) is 5.91. The molecule has 120 valence electrons. The molecule has 2 amide bonds. The number of carbonyl (C=O) groups excluding carboxylic acids is 2. The summed E-state index contributed by atoms with van der Waals surface area (Å²) >= 11 is 1.53. The van der Waals surface area contributed by atoms with Crippen molar-refractivity contribution >= 4 is 44.7 Å². The van der Waals surface area contributed by atoms with Gasteiger partial charge < -0.3 is 9.80 Å². The minimum absolute atomic E-state index is 0.0659. The molecule has 4 atom stereocenters. The Morgan fingerprint density at radius 1 is 1.30 bits per heavy atom. The maximum absolute atomic E-state index is 13.2. The minimum atomic E-state index is -0.965. The van der Waals surface area contributed by atoms with Gasteiger partial charge in [0.2, 0.25) is 0 Å². The van der Waals surface area contributed by atoms with Gasteiger partial charge >= 0.3 is 0 Å². The topological polar surface area (TPSA) is 64.4 Å². The Bertz CT molecular complexity index is 761. The zero-order valence-electron chi connectivity index (χ0n) is 12.9. The average Bonchev–Trinajstić information content (AvgIpc) is 3.13. The van der Waals surface area contributed by atoms with Gasteiger partial charge in [0.05, 0.1) is 17.5 Å². The largest absolute Gasteiger partial charge is 0.319 e. The first kappa shape index (κ1) is 15.4. The van der Waals surface area contributed by atoms with Crippen molar-refractivity contribution in [2.45, 2.75) is 36.1 Å². The van der Waals surface area contributed by atoms with E-state index < -0.39 is 15.2 Å². The molecule has 2 bridgehead atoms. The highest BCUT2D eigenvalue weighted by Crippen LogP contribution is 2.69. The first-order valence-electron chi connectivity index (χ1n) is 7.24. The van der Waals surface area contributed by atoms with E-state index in [4.69, 9.17) is 0 Å². The number of hydrogen-bond donors (Lipinski definition) is 0. The second kappa shape index (κ2) is 4.47. The molecule has 4 saturated heterocycles. The van der Waals surface area contributed by atoms with Crippen molar-refractivity contribution in [1.82, 2.24) is 9.80 Å². The van der Waals surface area contributed by atoms with E-state index in [1.54, 1.807) is 23.8 Å². The van der Waals surface area contributed by atoms with E-state index in [1.807, 2.05) is 24.4 Å². The number of thiophene rings is 1. The Hall–Kier alpha value is -1.17. The fourth-order valence-electron chi connectivity index (χ4n) is 3.79. The Kier molecular flexibility index (Phi) is 2.98. The molecule has 0 N–H and O–H groups in total. The molecule has 8 heteroatoms. The lowest BCUT2D eigenvalue weighted by Gasteiger charge is -2.57. The maximum Gasteiger partial charge on any atom is 0.261 e. The third-order valence-corrected chi connectivity index (χ3v) is 9.79. The first-order chi connectivity index (χ1) is 10.8. The van der Waals surface area contributed by atoms with Crippen LogP contribution in [0.3, 0.4) is 0 Å². The molecule has 1 aromatic rings. The molecule has 4 aliphatic heterocycles. The Morgan fingerprint density at radius 3 is 2.65 bits per heavy atom. The molecular formula is C15H15N3O2S3. The monoisotopic (exact) mass is 365 g/mol. The summed E-state index contributed by atoms with van der Waals surface area (Å²) in [7, 11) is 4.57. The van der Waals surface area contributed by atoms with Crippen LogP contribution < -0.4 is 0 Å². The van der Waals surface area contributed by atoms with Crippen molar-refractivity contribution in [3.8, 4) is 6.07 Å². The van der Waals surface area contributed by atoms with Crippen LogP contribution in [0.5, 0.6) is 0 Å². The fourth-order valence-corrected chi connectivity index (χ4v) is 8.34. The molecular weight excluding hydrogens is 350 g/mol. The predicted molar refractivity (Wildman–Crippen MR) is 91.3 cm³/mol. The van der Waals surface area contributed by atoms with Crippen molar-refractivity contribution in [2.24, 2.45) is 5.41 Å². The number of rotatable bonds is 1. The van der Waals surface area contributed by atoms with Crippen LogP contribution in [0.2, 0.25) is 0 Å². The number of nitriles is 1. The van der Waals surface area contributed by atoms with Crippen molar-refractivity contribution in [2.75, 3.05) is 7.05 Å². The third-order valence-electron chi connectivity index (χ3n) is 5.16. The summed E-state index contributed by atoms with van der Waals surface area (Å²) in [6.45, 7) is 3.66. The molecule has 0 aromatic carbocycles. The van der Waals surface area contributed by atoms with Crippen LogP contribution in [0.25, 0.3) is 0 Å². The number of carbonyl (C=O) groups is 2. The van der Waals surface area contributed by atoms with Crippen LogP contribution in [0, 0.1) is 16.7 Å². The molecule has 5 rings (SSSR count). The van der Waals surface area contributed by atoms with Crippen molar-refractivity contribution in [3.63, 3.8) is 0 Å². The van der Waals surface area contributed by atoms with Gasteiger partial charge in [-0.15, -0.1) is 11.3 Å². The van der Waals surface area contributed by atoms with Crippen LogP contribution in [-0.2, 0) is 9.59 Å². The number of nitrogens with zero attached hydrogens (tertiary/aromatic N) is 3. The van der Waals surface area contributed by atoms with Gasteiger partial charge in [-0.1, -0.05) is 27.7 Å². The standard InChI is InChI=1S/C15H15N3O2S3/c1-13(8-16)7-15-12(20)17(3)14(2,22-23-15)11(19)18(15)10(13)9-5-4-6-21-9/h4-6,10H,7H2,1-3H3/t10-,13+,14-,15-/m0/s1. The van der Waals surface area contributed by atoms with E-state index in [-0.39, 0.29) is 17.9 Å². The van der Waals surface area contributed by atoms with Gasteiger partial charge in [-0.3, -0.25) is 9.59 Å². The number of piperazine rings is 1. The van der Waals surface area contributed by atoms with Gasteiger partial charge in [-0.2, -0.15) is 5.26 Å². The van der Waals surface area contributed by atoms with Crippen molar-refractivity contribution in [3.05, 3.63) is 22.4 Å². The Labute approximate surface area is 146 Å². The van der Waals surface area contributed by atoms with E-state index in [9.17, 15) is 14.9 Å². The third kappa shape index (κ3) is 1.61. The van der Waals surface area contributed by atoms with Crippen LogP contribution in [0.1, 0.15) is 31.2 Å². The van der Waals surface area contributed by atoms with E-state index >= 15 is 0 Å². The number of hydrogen-bond acceptors (Lipinski definition) is 6. The summed E-state index contributed by atoms with van der Waals surface area (Å²) in [5.74, 6) is -0.135. The molecule has 0 unspecified atom stereocenters. The summed E-state index contributed by atoms with van der Waals surface area (Å²) in [6.07, 6.45) is 0.363. The van der Waals surface area contributed by atoms with Gasteiger partial charge in [-0.25, -0.2) is 0 Å².